The molecule has 2 amide bonds. The monoisotopic (exact) mass is 925 g/mol. The summed E-state index contributed by atoms with van der Waals surface area (Å²) in [6.07, 6.45) is 0. The largest absolute Gasteiger partial charge is 0.508 e. The molecule has 4 aromatic carbocycles. The lowest BCUT2D eigenvalue weighted by molar-refractivity contribution is -0.385. The summed E-state index contributed by atoms with van der Waals surface area (Å²) in [5, 5.41) is 31.3. The maximum atomic E-state index is 13.4. The van der Waals surface area contributed by atoms with Crippen molar-refractivity contribution in [1.29, 1.82) is 0 Å². The molecule has 0 aliphatic carbocycles. The number of hydrogen-bond donors (Lipinski definition) is 1. The molecule has 52 heavy (non-hydrogen) atoms. The van der Waals surface area contributed by atoms with E-state index < -0.39 is 15.7 Å². The van der Waals surface area contributed by atoms with Crippen LogP contribution in [0.1, 0.15) is 13.8 Å². The quantitative estimate of drug-likeness (QED) is 0.160. The number of halogens is 1. The van der Waals surface area contributed by atoms with Gasteiger partial charge in [-0.25, -0.2) is 4.39 Å². The Balaban J connectivity index is 0.000000187. The van der Waals surface area contributed by atoms with Crippen molar-refractivity contribution in [3.63, 3.8) is 0 Å². The molecular formula is C28H19FN4O7S12. The molecule has 24 heteroatoms. The van der Waals surface area contributed by atoms with Gasteiger partial charge in [0.1, 0.15) is 11.6 Å². The Morgan fingerprint density at radius 3 is 1.40 bits per heavy atom. The molecule has 0 atom stereocenters. The SMILES string of the molecule is CC(=O)N1c2ccc(O)cc2Sc2cc([N+](=O)[O-])ccc21.CC(=O)N1c2ccc([18F])cc2Sc2cc([N+](=O)[O-])ccc21.S=S=S=S=S=S=S=S=S=S. The number of nitro benzene ring substituents is 2. The van der Waals surface area contributed by atoms with Crippen LogP contribution in [0.4, 0.5) is 38.5 Å². The minimum absolute atomic E-state index is 0.0339. The van der Waals surface area contributed by atoms with Crippen LogP contribution >= 0.6 is 23.5 Å². The maximum absolute atomic E-state index is 13.4. The predicted molar refractivity (Wildman–Crippen MR) is 228 cm³/mol. The molecule has 0 fully saturated rings. The van der Waals surface area contributed by atoms with Crippen LogP contribution in [-0.4, -0.2) is 26.8 Å². The first-order valence-corrected chi connectivity index (χ1v) is 27.2. The normalized spacial score (nSPS) is 11.4. The van der Waals surface area contributed by atoms with Crippen LogP contribution in [-0.2, 0) is 103 Å². The number of carbonyl (C=O) groups excluding carboxylic acids is 2. The topological polar surface area (TPSA) is 147 Å². The van der Waals surface area contributed by atoms with Crippen LogP contribution in [0.5, 0.6) is 5.75 Å². The lowest BCUT2D eigenvalue weighted by atomic mass is 10.2. The molecule has 2 aliphatic rings. The fourth-order valence-electron chi connectivity index (χ4n) is 4.53. The number of nitrogens with zero attached hydrogens (tertiary/aromatic N) is 4. The number of fused-ring (bicyclic) bond motifs is 4. The van der Waals surface area contributed by atoms with E-state index in [9.17, 15) is 39.3 Å². The van der Waals surface area contributed by atoms with E-state index >= 15 is 0 Å². The molecule has 11 nitrogen and oxygen atoms in total. The van der Waals surface area contributed by atoms with Gasteiger partial charge in [0.2, 0.25) is 11.8 Å². The van der Waals surface area contributed by atoms with Crippen LogP contribution in [0.2, 0.25) is 0 Å². The summed E-state index contributed by atoms with van der Waals surface area (Å²) in [7, 11) is 12.7. The van der Waals surface area contributed by atoms with Crippen molar-refractivity contribution in [3.05, 3.63) is 98.8 Å². The summed E-state index contributed by atoms with van der Waals surface area (Å²) in [6, 6.07) is 17.5. The number of hydrogen-bond acceptors (Lipinski definition) is 11. The Kier molecular flexibility index (Phi) is 16.2. The molecule has 4 aromatic rings. The van der Waals surface area contributed by atoms with Gasteiger partial charge in [-0.2, -0.15) is 0 Å². The molecular weight excluding hydrogens is 907 g/mol. The van der Waals surface area contributed by atoms with Gasteiger partial charge in [-0.05, 0) is 48.5 Å². The minimum atomic E-state index is -0.500. The van der Waals surface area contributed by atoms with Gasteiger partial charge in [-0.15, -0.1) is 0 Å². The second-order valence-electron chi connectivity index (χ2n) is 9.54. The smallest absolute Gasteiger partial charge is 0.270 e. The summed E-state index contributed by atoms with van der Waals surface area (Å²) < 4.78 is 13.4. The van der Waals surface area contributed by atoms with Crippen molar-refractivity contribution in [3.8, 4) is 5.75 Å². The third-order valence-corrected chi connectivity index (χ3v) is 24.1. The zero-order valence-corrected chi connectivity index (χ0v) is 35.7. The average Bonchev–Trinajstić information content (AvgIpc) is 3.10. The van der Waals surface area contributed by atoms with E-state index in [1.807, 2.05) is 0 Å². The molecule has 0 aromatic heterocycles. The molecule has 2 heterocycles. The first kappa shape index (κ1) is 42.0. The van der Waals surface area contributed by atoms with E-state index in [0.29, 0.717) is 42.3 Å². The first-order valence-electron chi connectivity index (χ1n) is 13.6. The first-order chi connectivity index (χ1) is 24.9. The Morgan fingerprint density at radius 2 is 1.00 bits per heavy atom. The minimum Gasteiger partial charge on any atom is -0.508 e. The fourth-order valence-corrected chi connectivity index (χ4v) is 23.2. The molecule has 0 saturated carbocycles. The average molecular weight is 926 g/mol. The highest BCUT2D eigenvalue weighted by atomic mass is 33.4. The van der Waals surface area contributed by atoms with Gasteiger partial charge >= 0.3 is 0 Å². The molecule has 0 bridgehead atoms. The number of phenolic OH excluding ortho intramolecular Hbond substituents is 1. The summed E-state index contributed by atoms with van der Waals surface area (Å²) >= 11 is 11.8. The molecule has 272 valence electrons. The maximum Gasteiger partial charge on any atom is 0.270 e. The van der Waals surface area contributed by atoms with Crippen molar-refractivity contribution in [2.24, 2.45) is 0 Å². The van der Waals surface area contributed by atoms with Crippen LogP contribution in [0.15, 0.2) is 92.4 Å². The molecule has 2 aliphatic heterocycles. The number of aromatic hydroxyl groups is 1. The number of non-ortho nitro benzene ring substituents is 2. The highest BCUT2D eigenvalue weighted by molar-refractivity contribution is 8.73. The third kappa shape index (κ3) is 10.9. The summed E-state index contributed by atoms with van der Waals surface area (Å²) in [4.78, 5) is 49.9. The second-order valence-corrected chi connectivity index (χ2v) is 25.9. The van der Waals surface area contributed by atoms with Crippen LogP contribution < -0.4 is 9.80 Å². The number of anilines is 4. The van der Waals surface area contributed by atoms with Crippen molar-refractivity contribution < 1.29 is 28.9 Å². The number of rotatable bonds is 2. The van der Waals surface area contributed by atoms with Crippen molar-refractivity contribution in [1.82, 2.24) is 0 Å². The van der Waals surface area contributed by atoms with Crippen molar-refractivity contribution in [2.75, 3.05) is 9.80 Å². The lowest BCUT2D eigenvalue weighted by Crippen LogP contribution is -2.25. The summed E-state index contributed by atoms with van der Waals surface area (Å²) in [5.41, 5.74) is 2.31. The fraction of sp³-hybridized carbons (Fsp3) is 0.0714. The molecule has 1 N–H and O–H groups in total. The number of nitro groups is 2. The van der Waals surface area contributed by atoms with Crippen LogP contribution in [0.25, 0.3) is 0 Å². The summed E-state index contributed by atoms with van der Waals surface area (Å²) in [6.45, 7) is 2.83. The van der Waals surface area contributed by atoms with E-state index in [0.717, 1.165) is 0 Å². The molecule has 6 rings (SSSR count). The molecule has 0 spiro atoms. The Hall–Kier alpha value is -2.75. The third-order valence-electron chi connectivity index (χ3n) is 6.40. The van der Waals surface area contributed by atoms with Gasteiger partial charge in [0.05, 0.1) is 32.6 Å². The Labute approximate surface area is 336 Å². The van der Waals surface area contributed by atoms with E-state index in [2.05, 4.69) is 22.4 Å². The highest BCUT2D eigenvalue weighted by Crippen LogP contribution is 2.51. The number of amides is 2. The zero-order valence-electron chi connectivity index (χ0n) is 25.9. The van der Waals surface area contributed by atoms with Gasteiger partial charge in [0.15, 0.2) is 0 Å². The molecule has 0 radical (unpaired) electrons. The van der Waals surface area contributed by atoms with E-state index in [4.69, 9.17) is 0 Å². The Morgan fingerprint density at radius 1 is 0.635 bits per heavy atom. The molecule has 0 saturated heterocycles. The van der Waals surface area contributed by atoms with Gasteiger partial charge in [0.25, 0.3) is 11.4 Å². The Bertz CT molecular complexity index is 2320. The van der Waals surface area contributed by atoms with Crippen molar-refractivity contribution >= 4 is 163 Å². The van der Waals surface area contributed by atoms with Gasteiger partial charge in [-0.3, -0.25) is 39.6 Å². The van der Waals surface area contributed by atoms with E-state index in [1.54, 1.807) is 65.4 Å². The lowest BCUT2D eigenvalue weighted by Gasteiger charge is -2.30. The zero-order chi connectivity index (χ0) is 37.9. The molecule has 0 unspecified atom stereocenters. The predicted octanol–water partition coefficient (Wildman–Crippen LogP) is 7.31. The van der Waals surface area contributed by atoms with E-state index in [-0.39, 0.29) is 28.9 Å². The van der Waals surface area contributed by atoms with Gasteiger partial charge in [0, 0.05) is 151 Å². The van der Waals surface area contributed by atoms with E-state index in [1.165, 1.54) is 126 Å². The van der Waals surface area contributed by atoms with Crippen LogP contribution in [0.3, 0.4) is 0 Å². The van der Waals surface area contributed by atoms with Crippen molar-refractivity contribution in [2.45, 2.75) is 33.4 Å². The standard InChI is InChI=1S/C14H9FN2O3S.C14H10N2O4S.S10/c1-8(18)16-11-4-2-9(15)6-13(11)21-14-7-10(17(19)20)3-5-12(14)16;1-8(17)15-11-4-2-9(16(19)20)6-13(11)21-14-7-10(18)3-5-12(14)15;1-3-5-7-9-10-8-6-4-2/h2-7H,1H3;2-7,18H,1H3;/i15-1;;. The number of carbonyl (C=O) groups is 2. The highest BCUT2D eigenvalue weighted by Gasteiger charge is 2.29. The number of phenols is 1. The second kappa shape index (κ2) is 20.1. The number of benzene rings is 4. The summed E-state index contributed by atoms with van der Waals surface area (Å²) in [5.74, 6) is -0.770. The van der Waals surface area contributed by atoms with Gasteiger partial charge < -0.3 is 5.11 Å². The van der Waals surface area contributed by atoms with Gasteiger partial charge in [-0.1, -0.05) is 23.5 Å². The van der Waals surface area contributed by atoms with Crippen LogP contribution in [0, 0.1) is 26.0 Å².